The van der Waals surface area contributed by atoms with Crippen LogP contribution in [0.25, 0.3) is 0 Å². The van der Waals surface area contributed by atoms with Gasteiger partial charge in [0.15, 0.2) is 0 Å². The third-order valence-electron chi connectivity index (χ3n) is 5.36. The van der Waals surface area contributed by atoms with Crippen molar-refractivity contribution in [2.24, 2.45) is 33.6 Å². The molecule has 1 aliphatic carbocycles. The number of likely N-dealkylation sites (tertiary alicyclic amines) is 1. The first-order valence-electron chi connectivity index (χ1n) is 9.28. The largest absolute Gasteiger partial charge is 0.444 e. The molecule has 2 N–H and O–H groups in total. The van der Waals surface area contributed by atoms with Crippen LogP contribution in [0.5, 0.6) is 0 Å². The van der Waals surface area contributed by atoms with Crippen LogP contribution in [-0.2, 0) is 14.4 Å². The number of amides is 1. The first kappa shape index (κ1) is 20.5. The maximum absolute atomic E-state index is 12.6. The number of amidine groups is 1. The van der Waals surface area contributed by atoms with Crippen LogP contribution in [0.2, 0.25) is 0 Å². The second-order valence-electron chi connectivity index (χ2n) is 9.81. The normalized spacial score (nSPS) is 22.5. The minimum Gasteiger partial charge on any atom is -0.444 e. The molecule has 0 atom stereocenters. The highest BCUT2D eigenvalue weighted by molar-refractivity contribution is 5.86. The van der Waals surface area contributed by atoms with Crippen molar-refractivity contribution in [1.29, 1.82) is 0 Å². The third-order valence-corrected chi connectivity index (χ3v) is 5.36. The molecule has 0 aromatic rings. The summed E-state index contributed by atoms with van der Waals surface area (Å²) in [5, 5.41) is 3.88. The van der Waals surface area contributed by atoms with E-state index < -0.39 is 23.1 Å². The van der Waals surface area contributed by atoms with E-state index in [2.05, 4.69) is 19.0 Å². The monoisotopic (exact) mass is 367 g/mol. The highest BCUT2D eigenvalue weighted by atomic mass is 16.7. The van der Waals surface area contributed by atoms with E-state index in [-0.39, 0.29) is 30.3 Å². The lowest BCUT2D eigenvalue weighted by Crippen LogP contribution is -2.65. The van der Waals surface area contributed by atoms with Gasteiger partial charge in [-0.25, -0.2) is 9.59 Å². The molecular formula is C19H33N3O4. The summed E-state index contributed by atoms with van der Waals surface area (Å²) in [7, 11) is 0. The maximum atomic E-state index is 12.6. The molecule has 0 unspecified atom stereocenters. The van der Waals surface area contributed by atoms with E-state index >= 15 is 0 Å². The molecule has 148 valence electrons. The SMILES string of the molecule is CC(C)C1(C(=O)O/N=C(\N)C2CC(C)(C)C2)CN(C(=O)OC(C)(C)C)C1. The molecule has 0 aromatic heterocycles. The molecular weight excluding hydrogens is 334 g/mol. The molecule has 0 spiro atoms. The molecule has 1 heterocycles. The van der Waals surface area contributed by atoms with E-state index in [1.54, 1.807) is 0 Å². The molecule has 2 fully saturated rings. The molecule has 0 aromatic carbocycles. The van der Waals surface area contributed by atoms with E-state index in [1.165, 1.54) is 4.90 Å². The van der Waals surface area contributed by atoms with Gasteiger partial charge in [0.25, 0.3) is 0 Å². The average Bonchev–Trinajstić information content (AvgIpc) is 2.38. The van der Waals surface area contributed by atoms with Gasteiger partial charge in [0, 0.05) is 19.0 Å². The highest BCUT2D eigenvalue weighted by Gasteiger charge is 2.55. The van der Waals surface area contributed by atoms with Crippen molar-refractivity contribution in [2.45, 2.75) is 66.9 Å². The smallest absolute Gasteiger partial charge is 0.410 e. The quantitative estimate of drug-likeness (QED) is 0.356. The molecule has 1 aliphatic heterocycles. The fourth-order valence-electron chi connectivity index (χ4n) is 3.56. The molecule has 1 saturated carbocycles. The second kappa shape index (κ2) is 6.74. The number of ether oxygens (including phenoxy) is 1. The Balaban J connectivity index is 1.94. The summed E-state index contributed by atoms with van der Waals surface area (Å²) < 4.78 is 5.35. The van der Waals surface area contributed by atoms with Crippen LogP contribution in [0, 0.1) is 22.7 Å². The van der Waals surface area contributed by atoms with Crippen LogP contribution in [0.3, 0.4) is 0 Å². The maximum Gasteiger partial charge on any atom is 0.410 e. The van der Waals surface area contributed by atoms with Gasteiger partial charge < -0.3 is 20.2 Å². The number of nitrogens with two attached hydrogens (primary N) is 1. The Morgan fingerprint density at radius 2 is 1.73 bits per heavy atom. The first-order valence-corrected chi connectivity index (χ1v) is 9.28. The van der Waals surface area contributed by atoms with E-state index in [1.807, 2.05) is 34.6 Å². The van der Waals surface area contributed by atoms with E-state index in [9.17, 15) is 9.59 Å². The van der Waals surface area contributed by atoms with Crippen LogP contribution >= 0.6 is 0 Å². The van der Waals surface area contributed by atoms with Gasteiger partial charge in [0.2, 0.25) is 0 Å². The van der Waals surface area contributed by atoms with Gasteiger partial charge in [-0.1, -0.05) is 32.9 Å². The van der Waals surface area contributed by atoms with Crippen molar-refractivity contribution in [1.82, 2.24) is 4.90 Å². The lowest BCUT2D eigenvalue weighted by molar-refractivity contribution is -0.171. The zero-order chi connectivity index (χ0) is 19.9. The van der Waals surface area contributed by atoms with Crippen molar-refractivity contribution in [3.63, 3.8) is 0 Å². The summed E-state index contributed by atoms with van der Waals surface area (Å²) in [5.41, 5.74) is 4.90. The zero-order valence-electron chi connectivity index (χ0n) is 17.1. The highest BCUT2D eigenvalue weighted by Crippen LogP contribution is 2.45. The number of oxime groups is 1. The summed E-state index contributed by atoms with van der Waals surface area (Å²) >= 11 is 0. The zero-order valence-corrected chi connectivity index (χ0v) is 17.1. The van der Waals surface area contributed by atoms with Gasteiger partial charge in [-0.2, -0.15) is 0 Å². The van der Waals surface area contributed by atoms with Gasteiger partial charge in [-0.3, -0.25) is 0 Å². The summed E-state index contributed by atoms with van der Waals surface area (Å²) in [4.78, 5) is 31.5. The Morgan fingerprint density at radius 3 is 2.15 bits per heavy atom. The van der Waals surface area contributed by atoms with Gasteiger partial charge in [-0.05, 0) is 44.9 Å². The minimum absolute atomic E-state index is 0.00717. The van der Waals surface area contributed by atoms with Gasteiger partial charge >= 0.3 is 12.1 Å². The van der Waals surface area contributed by atoms with E-state index in [0.717, 1.165) is 12.8 Å². The minimum atomic E-state index is -0.764. The standard InChI is InChI=1S/C19H33N3O4/c1-12(2)19(10-22(11-19)16(24)25-17(3,4)5)15(23)26-21-14(20)13-8-18(6,7)9-13/h12-13H,8-11H2,1-7H3,(H2,20,21). The molecule has 26 heavy (non-hydrogen) atoms. The molecule has 1 amide bonds. The van der Waals surface area contributed by atoms with Crippen molar-refractivity contribution >= 4 is 17.9 Å². The van der Waals surface area contributed by atoms with Gasteiger partial charge in [0.1, 0.15) is 16.9 Å². The number of rotatable bonds is 4. The summed E-state index contributed by atoms with van der Waals surface area (Å²) in [5.74, 6) is 0.119. The van der Waals surface area contributed by atoms with Crippen molar-refractivity contribution < 1.29 is 19.2 Å². The summed E-state index contributed by atoms with van der Waals surface area (Å²) in [6.45, 7) is 14.2. The summed E-state index contributed by atoms with van der Waals surface area (Å²) in [6.07, 6.45) is 1.48. The Hall–Kier alpha value is -1.79. The number of nitrogens with zero attached hydrogens (tertiary/aromatic N) is 2. The Labute approximate surface area is 156 Å². The fraction of sp³-hybridized carbons (Fsp3) is 0.842. The van der Waals surface area contributed by atoms with Crippen LogP contribution in [0.15, 0.2) is 5.16 Å². The van der Waals surface area contributed by atoms with Gasteiger partial charge in [-0.15, -0.1) is 0 Å². The van der Waals surface area contributed by atoms with Crippen LogP contribution in [0.4, 0.5) is 4.79 Å². The number of hydrogen-bond acceptors (Lipinski definition) is 5. The average molecular weight is 367 g/mol. The summed E-state index contributed by atoms with van der Waals surface area (Å²) in [6, 6.07) is 0. The van der Waals surface area contributed by atoms with Crippen LogP contribution < -0.4 is 5.73 Å². The Kier molecular flexibility index (Phi) is 5.32. The predicted octanol–water partition coefficient (Wildman–Crippen LogP) is 3.13. The first-order chi connectivity index (χ1) is 11.8. The lowest BCUT2D eigenvalue weighted by Gasteiger charge is -2.49. The second-order valence-corrected chi connectivity index (χ2v) is 9.81. The van der Waals surface area contributed by atoms with Crippen molar-refractivity contribution in [3.05, 3.63) is 0 Å². The molecule has 7 heteroatoms. The van der Waals surface area contributed by atoms with Crippen molar-refractivity contribution in [3.8, 4) is 0 Å². The Bertz CT molecular complexity index is 590. The lowest BCUT2D eigenvalue weighted by atomic mass is 9.64. The van der Waals surface area contributed by atoms with Gasteiger partial charge in [0.05, 0.1) is 0 Å². The van der Waals surface area contributed by atoms with Crippen LogP contribution in [0.1, 0.15) is 61.3 Å². The van der Waals surface area contributed by atoms with E-state index in [4.69, 9.17) is 15.3 Å². The topological polar surface area (TPSA) is 94.2 Å². The predicted molar refractivity (Wildman–Crippen MR) is 99.3 cm³/mol. The molecule has 1 saturated heterocycles. The molecule has 0 bridgehead atoms. The van der Waals surface area contributed by atoms with Crippen LogP contribution in [-0.4, -0.2) is 41.5 Å². The third kappa shape index (κ3) is 4.30. The number of carbonyl (C=O) groups excluding carboxylic acids is 2. The Morgan fingerprint density at radius 1 is 1.19 bits per heavy atom. The molecule has 7 nitrogen and oxygen atoms in total. The van der Waals surface area contributed by atoms with E-state index in [0.29, 0.717) is 5.84 Å². The number of hydrogen-bond donors (Lipinski definition) is 1. The number of carbonyl (C=O) groups is 2. The molecule has 2 rings (SSSR count). The molecule has 2 aliphatic rings. The molecule has 0 radical (unpaired) electrons. The van der Waals surface area contributed by atoms with Crippen molar-refractivity contribution in [2.75, 3.05) is 13.1 Å². The fourth-order valence-corrected chi connectivity index (χ4v) is 3.56.